The van der Waals surface area contributed by atoms with Crippen molar-refractivity contribution in [3.05, 3.63) is 0 Å². The number of hydrogen-bond donors (Lipinski definition) is 1. The summed E-state index contributed by atoms with van der Waals surface area (Å²) in [5.41, 5.74) is -0.566. The van der Waals surface area contributed by atoms with E-state index in [9.17, 15) is 4.79 Å². The number of alkyl halides is 3. The van der Waals surface area contributed by atoms with Gasteiger partial charge in [0, 0.05) is 11.3 Å². The average Bonchev–Trinajstić information content (AvgIpc) is 2.26. The first-order valence-electron chi connectivity index (χ1n) is 3.54. The molecule has 1 rings (SSSR count). The van der Waals surface area contributed by atoms with Gasteiger partial charge < -0.3 is 5.11 Å². The van der Waals surface area contributed by atoms with Gasteiger partial charge in [-0.2, -0.15) is 0 Å². The molecule has 0 unspecified atom stereocenters. The Bertz CT molecular complexity index is 217. The van der Waals surface area contributed by atoms with Crippen LogP contribution in [0.1, 0.15) is 13.3 Å². The molecule has 1 N–H and O–H groups in total. The van der Waals surface area contributed by atoms with Gasteiger partial charge in [-0.25, -0.2) is 0 Å². The molecule has 1 aliphatic rings. The van der Waals surface area contributed by atoms with E-state index in [-0.39, 0.29) is 0 Å². The molecule has 5 heteroatoms. The molecule has 1 fully saturated rings. The molecule has 0 aliphatic heterocycles. The van der Waals surface area contributed by atoms with Crippen molar-refractivity contribution in [3.8, 4) is 0 Å². The SMILES string of the molecule is C[C@@]1(CCCl)[C@@H](C(=O)O)C1(Cl)Cl. The summed E-state index contributed by atoms with van der Waals surface area (Å²) < 4.78 is -1.15. The van der Waals surface area contributed by atoms with E-state index < -0.39 is 21.6 Å². The smallest absolute Gasteiger partial charge is 0.310 e. The van der Waals surface area contributed by atoms with Gasteiger partial charge >= 0.3 is 5.97 Å². The molecule has 0 bridgehead atoms. The molecule has 12 heavy (non-hydrogen) atoms. The van der Waals surface area contributed by atoms with Crippen LogP contribution in [0, 0.1) is 11.3 Å². The largest absolute Gasteiger partial charge is 0.481 e. The van der Waals surface area contributed by atoms with E-state index in [1.807, 2.05) is 0 Å². The Balaban J connectivity index is 2.76. The number of hydrogen-bond acceptors (Lipinski definition) is 1. The number of carboxylic acid groups (broad SMARTS) is 1. The summed E-state index contributed by atoms with van der Waals surface area (Å²) >= 11 is 17.1. The second-order valence-electron chi connectivity index (χ2n) is 3.25. The predicted molar refractivity (Wildman–Crippen MR) is 49.0 cm³/mol. The highest BCUT2D eigenvalue weighted by molar-refractivity contribution is 6.53. The monoisotopic (exact) mass is 230 g/mol. The van der Waals surface area contributed by atoms with Gasteiger partial charge in [0.25, 0.3) is 0 Å². The fourth-order valence-electron chi connectivity index (χ4n) is 1.52. The molecule has 0 heterocycles. The fourth-order valence-corrected chi connectivity index (χ4v) is 2.88. The third-order valence-corrected chi connectivity index (χ3v) is 4.03. The van der Waals surface area contributed by atoms with Crippen LogP contribution in [-0.2, 0) is 4.79 Å². The minimum Gasteiger partial charge on any atom is -0.481 e. The van der Waals surface area contributed by atoms with Crippen LogP contribution >= 0.6 is 34.8 Å². The second kappa shape index (κ2) is 2.93. The summed E-state index contributed by atoms with van der Waals surface area (Å²) in [6, 6.07) is 0. The zero-order valence-corrected chi connectivity index (χ0v) is 8.75. The van der Waals surface area contributed by atoms with Gasteiger partial charge in [0.05, 0.1) is 5.92 Å². The molecular weight excluding hydrogens is 222 g/mol. The maximum atomic E-state index is 10.7. The van der Waals surface area contributed by atoms with E-state index >= 15 is 0 Å². The Morgan fingerprint density at radius 3 is 2.33 bits per heavy atom. The standard InChI is InChI=1S/C7H9Cl3O2/c1-6(2-3-8)4(5(11)12)7(6,9)10/h4H,2-3H2,1H3,(H,11,12)/t4-,6-/m1/s1. The lowest BCUT2D eigenvalue weighted by molar-refractivity contribution is -0.139. The van der Waals surface area contributed by atoms with Crippen molar-refractivity contribution < 1.29 is 9.90 Å². The first-order chi connectivity index (χ1) is 5.38. The summed E-state index contributed by atoms with van der Waals surface area (Å²) in [4.78, 5) is 10.7. The van der Waals surface area contributed by atoms with Crippen LogP contribution in [0.15, 0.2) is 0 Å². The van der Waals surface area contributed by atoms with Crippen LogP contribution < -0.4 is 0 Å². The third-order valence-electron chi connectivity index (χ3n) is 2.54. The molecule has 0 spiro atoms. The average molecular weight is 232 g/mol. The molecule has 0 aromatic carbocycles. The molecule has 0 amide bonds. The molecule has 1 aliphatic carbocycles. The van der Waals surface area contributed by atoms with Crippen LogP contribution in [0.2, 0.25) is 0 Å². The van der Waals surface area contributed by atoms with E-state index in [1.54, 1.807) is 6.92 Å². The predicted octanol–water partition coefficient (Wildman–Crippen LogP) is 2.51. The number of rotatable bonds is 3. The van der Waals surface area contributed by atoms with Crippen molar-refractivity contribution in [2.75, 3.05) is 5.88 Å². The summed E-state index contributed by atoms with van der Waals surface area (Å²) in [5, 5.41) is 8.74. The van der Waals surface area contributed by atoms with Crippen molar-refractivity contribution in [2.24, 2.45) is 11.3 Å². The Morgan fingerprint density at radius 2 is 2.08 bits per heavy atom. The summed E-state index contributed by atoms with van der Waals surface area (Å²) in [5.74, 6) is -1.26. The fraction of sp³-hybridized carbons (Fsp3) is 0.857. The van der Waals surface area contributed by atoms with Gasteiger partial charge in [0.1, 0.15) is 4.33 Å². The summed E-state index contributed by atoms with van der Waals surface area (Å²) in [7, 11) is 0. The zero-order chi connectivity index (χ0) is 9.57. The Labute approximate surface area is 85.8 Å². The first kappa shape index (κ1) is 10.4. The van der Waals surface area contributed by atoms with Crippen molar-refractivity contribution >= 4 is 40.8 Å². The molecule has 2 nitrogen and oxygen atoms in total. The highest BCUT2D eigenvalue weighted by Crippen LogP contribution is 2.70. The summed E-state index contributed by atoms with van der Waals surface area (Å²) in [6.07, 6.45) is 0.526. The number of halogens is 3. The van der Waals surface area contributed by atoms with Gasteiger partial charge in [-0.05, 0) is 6.42 Å². The van der Waals surface area contributed by atoms with Crippen LogP contribution in [0.3, 0.4) is 0 Å². The first-order valence-corrected chi connectivity index (χ1v) is 4.83. The van der Waals surface area contributed by atoms with Gasteiger partial charge in [-0.15, -0.1) is 34.8 Å². The quantitative estimate of drug-likeness (QED) is 0.758. The van der Waals surface area contributed by atoms with E-state index in [0.29, 0.717) is 12.3 Å². The molecule has 70 valence electrons. The van der Waals surface area contributed by atoms with Crippen molar-refractivity contribution in [3.63, 3.8) is 0 Å². The van der Waals surface area contributed by atoms with Crippen molar-refractivity contribution in [1.82, 2.24) is 0 Å². The Kier molecular flexibility index (Phi) is 2.54. The lowest BCUT2D eigenvalue weighted by Gasteiger charge is -2.07. The molecular formula is C7H9Cl3O2. The summed E-state index contributed by atoms with van der Waals surface area (Å²) in [6.45, 7) is 1.74. The van der Waals surface area contributed by atoms with Crippen LogP contribution in [0.4, 0.5) is 0 Å². The highest BCUT2D eigenvalue weighted by Gasteiger charge is 2.76. The maximum Gasteiger partial charge on any atom is 0.310 e. The number of aliphatic carboxylic acids is 1. The molecule has 0 aromatic heterocycles. The van der Waals surface area contributed by atoms with Crippen molar-refractivity contribution in [1.29, 1.82) is 0 Å². The maximum absolute atomic E-state index is 10.7. The molecule has 1 saturated carbocycles. The zero-order valence-electron chi connectivity index (χ0n) is 6.48. The molecule has 0 radical (unpaired) electrons. The lowest BCUT2D eigenvalue weighted by atomic mass is 10.0. The molecule has 2 atom stereocenters. The topological polar surface area (TPSA) is 37.3 Å². The van der Waals surface area contributed by atoms with E-state index in [4.69, 9.17) is 39.9 Å². The van der Waals surface area contributed by atoms with Crippen LogP contribution in [-0.4, -0.2) is 21.3 Å². The van der Waals surface area contributed by atoms with Crippen molar-refractivity contribution in [2.45, 2.75) is 17.7 Å². The second-order valence-corrected chi connectivity index (χ2v) is 5.01. The Hall–Kier alpha value is 0.340. The normalized spacial score (nSPS) is 37.8. The third kappa shape index (κ3) is 1.21. The minimum atomic E-state index is -1.15. The minimum absolute atomic E-state index is 0.376. The van der Waals surface area contributed by atoms with E-state index in [2.05, 4.69) is 0 Å². The molecule has 0 aromatic rings. The lowest BCUT2D eigenvalue weighted by Crippen LogP contribution is -2.07. The van der Waals surface area contributed by atoms with E-state index in [1.165, 1.54) is 0 Å². The van der Waals surface area contributed by atoms with Crippen LogP contribution in [0.25, 0.3) is 0 Å². The van der Waals surface area contributed by atoms with Gasteiger partial charge in [0.15, 0.2) is 0 Å². The number of carboxylic acids is 1. The van der Waals surface area contributed by atoms with Gasteiger partial charge in [-0.3, -0.25) is 4.79 Å². The van der Waals surface area contributed by atoms with Gasteiger partial charge in [0.2, 0.25) is 0 Å². The Morgan fingerprint density at radius 1 is 1.58 bits per heavy atom. The van der Waals surface area contributed by atoms with Gasteiger partial charge in [-0.1, -0.05) is 6.92 Å². The van der Waals surface area contributed by atoms with E-state index in [0.717, 1.165) is 0 Å². The molecule has 0 saturated heterocycles. The highest BCUT2D eigenvalue weighted by atomic mass is 35.5. The van der Waals surface area contributed by atoms with Crippen LogP contribution in [0.5, 0.6) is 0 Å². The number of carbonyl (C=O) groups is 1.